The van der Waals surface area contributed by atoms with E-state index in [-0.39, 0.29) is 43.7 Å². The van der Waals surface area contributed by atoms with Crippen LogP contribution in [0.4, 0.5) is 11.4 Å². The maximum absolute atomic E-state index is 13.5. The smallest absolute Gasteiger partial charge is 0.338 e. The van der Waals surface area contributed by atoms with E-state index in [1.54, 1.807) is 43.0 Å². The van der Waals surface area contributed by atoms with Gasteiger partial charge in [-0.15, -0.1) is 0 Å². The van der Waals surface area contributed by atoms with Crippen LogP contribution in [0.25, 0.3) is 0 Å². The summed E-state index contributed by atoms with van der Waals surface area (Å²) >= 11 is 5.60. The van der Waals surface area contributed by atoms with Crippen LogP contribution in [0, 0.1) is 0 Å². The second-order valence-electron chi connectivity index (χ2n) is 8.47. The number of carbonyl (C=O) groups is 5. The first kappa shape index (κ1) is 29.2. The third-order valence-corrected chi connectivity index (χ3v) is 6.16. The van der Waals surface area contributed by atoms with Crippen molar-refractivity contribution in [2.45, 2.75) is 33.2 Å². The number of benzene rings is 2. The second kappa shape index (κ2) is 13.5. The molecule has 1 fully saturated rings. The minimum Gasteiger partial charge on any atom is -0.462 e. The predicted molar refractivity (Wildman–Crippen MR) is 147 cm³/mol. The van der Waals surface area contributed by atoms with E-state index < -0.39 is 29.8 Å². The lowest BCUT2D eigenvalue weighted by Gasteiger charge is -2.24. The lowest BCUT2D eigenvalue weighted by molar-refractivity contribution is -0.124. The molecule has 0 aliphatic carbocycles. The summed E-state index contributed by atoms with van der Waals surface area (Å²) in [4.78, 5) is 64.6. The number of thiocarbonyl (C=S) groups is 1. The molecule has 2 aromatic carbocycles. The number of hydrogen-bond donors (Lipinski definition) is 2. The van der Waals surface area contributed by atoms with Gasteiger partial charge in [-0.05, 0) is 74.6 Å². The monoisotopic (exact) mass is 554 g/mol. The van der Waals surface area contributed by atoms with Crippen LogP contribution in [-0.2, 0) is 23.9 Å². The van der Waals surface area contributed by atoms with E-state index >= 15 is 0 Å². The number of hydrogen-bond acceptors (Lipinski definition) is 8. The van der Waals surface area contributed by atoms with Gasteiger partial charge in [-0.3, -0.25) is 19.3 Å². The average Bonchev–Trinajstić information content (AvgIpc) is 3.13. The molecule has 0 aromatic heterocycles. The van der Waals surface area contributed by atoms with Gasteiger partial charge in [-0.2, -0.15) is 0 Å². The fourth-order valence-electron chi connectivity index (χ4n) is 3.93. The Balaban J connectivity index is 1.76. The fraction of sp³-hybridized carbons (Fsp3) is 0.333. The number of amides is 3. The molecule has 1 saturated heterocycles. The highest BCUT2D eigenvalue weighted by atomic mass is 32.1. The van der Waals surface area contributed by atoms with Gasteiger partial charge in [0.15, 0.2) is 5.11 Å². The topological polar surface area (TPSA) is 134 Å². The molecule has 2 aromatic rings. The quantitative estimate of drug-likeness (QED) is 0.317. The number of ether oxygens (including phenoxy) is 2. The molecule has 206 valence electrons. The van der Waals surface area contributed by atoms with Crippen molar-refractivity contribution < 1.29 is 33.4 Å². The van der Waals surface area contributed by atoms with Crippen molar-refractivity contribution in [2.24, 2.45) is 0 Å². The molecule has 0 spiro atoms. The molecule has 1 atom stereocenters. The number of anilines is 2. The van der Waals surface area contributed by atoms with Gasteiger partial charge in [-0.1, -0.05) is 0 Å². The van der Waals surface area contributed by atoms with E-state index in [9.17, 15) is 24.0 Å². The van der Waals surface area contributed by atoms with Crippen molar-refractivity contribution in [3.63, 3.8) is 0 Å². The number of nitrogens with one attached hydrogen (secondary N) is 2. The SMILES string of the molecule is CCOC(=O)c1ccc(NC(=O)C[C@H]2C(=O)N(c3ccc(C(=O)OCC)cc3)C(=S)N2CCNC(C)=O)cc1. The predicted octanol–water partition coefficient (Wildman–Crippen LogP) is 2.51. The van der Waals surface area contributed by atoms with Crippen LogP contribution in [-0.4, -0.2) is 72.0 Å². The van der Waals surface area contributed by atoms with Crippen LogP contribution >= 0.6 is 12.2 Å². The first-order valence-electron chi connectivity index (χ1n) is 12.4. The molecular weight excluding hydrogens is 524 g/mol. The van der Waals surface area contributed by atoms with Gasteiger partial charge in [0.2, 0.25) is 11.8 Å². The minimum atomic E-state index is -0.921. The van der Waals surface area contributed by atoms with Gasteiger partial charge in [0.25, 0.3) is 5.91 Å². The first-order chi connectivity index (χ1) is 18.7. The van der Waals surface area contributed by atoms with Crippen molar-refractivity contribution >= 4 is 58.4 Å². The van der Waals surface area contributed by atoms with E-state index in [0.29, 0.717) is 22.5 Å². The van der Waals surface area contributed by atoms with E-state index in [2.05, 4.69) is 10.6 Å². The van der Waals surface area contributed by atoms with Gasteiger partial charge in [0.1, 0.15) is 6.04 Å². The Morgan fingerprint density at radius 3 is 1.95 bits per heavy atom. The van der Waals surface area contributed by atoms with Gasteiger partial charge in [0, 0.05) is 25.7 Å². The molecule has 1 aliphatic heterocycles. The molecule has 3 rings (SSSR count). The van der Waals surface area contributed by atoms with Crippen molar-refractivity contribution in [3.8, 4) is 0 Å². The molecule has 39 heavy (non-hydrogen) atoms. The Morgan fingerprint density at radius 2 is 1.44 bits per heavy atom. The Labute approximate surface area is 231 Å². The normalized spacial score (nSPS) is 14.7. The summed E-state index contributed by atoms with van der Waals surface area (Å²) in [6.07, 6.45) is -0.212. The molecule has 1 aliphatic rings. The van der Waals surface area contributed by atoms with Crippen LogP contribution in [0.1, 0.15) is 47.9 Å². The van der Waals surface area contributed by atoms with E-state index in [4.69, 9.17) is 21.7 Å². The highest BCUT2D eigenvalue weighted by Crippen LogP contribution is 2.28. The van der Waals surface area contributed by atoms with Crippen molar-refractivity contribution in [2.75, 3.05) is 36.5 Å². The van der Waals surface area contributed by atoms with Gasteiger partial charge in [0.05, 0.1) is 36.4 Å². The third-order valence-electron chi connectivity index (χ3n) is 5.74. The van der Waals surface area contributed by atoms with E-state index in [0.717, 1.165) is 0 Å². The summed E-state index contributed by atoms with van der Waals surface area (Å²) in [6, 6.07) is 11.5. The fourth-order valence-corrected chi connectivity index (χ4v) is 4.34. The zero-order valence-corrected chi connectivity index (χ0v) is 22.7. The largest absolute Gasteiger partial charge is 0.462 e. The summed E-state index contributed by atoms with van der Waals surface area (Å²) in [5.41, 5.74) is 1.54. The Morgan fingerprint density at radius 1 is 0.897 bits per heavy atom. The first-order valence-corrected chi connectivity index (χ1v) is 12.8. The van der Waals surface area contributed by atoms with Crippen molar-refractivity contribution in [1.29, 1.82) is 0 Å². The lowest BCUT2D eigenvalue weighted by Crippen LogP contribution is -2.42. The second-order valence-corrected chi connectivity index (χ2v) is 8.83. The summed E-state index contributed by atoms with van der Waals surface area (Å²) in [6.45, 7) is 5.69. The third kappa shape index (κ3) is 7.38. The van der Waals surface area contributed by atoms with Crippen LogP contribution in [0.3, 0.4) is 0 Å². The molecule has 0 radical (unpaired) electrons. The Kier molecular flexibility index (Phi) is 10.1. The summed E-state index contributed by atoms with van der Waals surface area (Å²) < 4.78 is 9.96. The minimum absolute atomic E-state index is 0.172. The van der Waals surface area contributed by atoms with Crippen LogP contribution in [0.15, 0.2) is 48.5 Å². The zero-order valence-electron chi connectivity index (χ0n) is 21.9. The Bertz CT molecular complexity index is 1250. The molecule has 0 bridgehead atoms. The molecule has 11 nitrogen and oxygen atoms in total. The number of rotatable bonds is 11. The Hall–Kier alpha value is -4.32. The summed E-state index contributed by atoms with van der Waals surface area (Å²) in [5, 5.41) is 5.57. The summed E-state index contributed by atoms with van der Waals surface area (Å²) in [7, 11) is 0. The van der Waals surface area contributed by atoms with Gasteiger partial charge in [-0.25, -0.2) is 9.59 Å². The van der Waals surface area contributed by atoms with Gasteiger partial charge >= 0.3 is 11.9 Å². The van der Waals surface area contributed by atoms with Crippen LogP contribution < -0.4 is 15.5 Å². The number of carbonyl (C=O) groups excluding carboxylic acids is 5. The lowest BCUT2D eigenvalue weighted by atomic mass is 10.1. The molecular formula is C27H30N4O7S. The number of nitrogens with zero attached hydrogens (tertiary/aromatic N) is 2. The molecule has 12 heteroatoms. The molecule has 2 N–H and O–H groups in total. The van der Waals surface area contributed by atoms with E-state index in [1.165, 1.54) is 36.1 Å². The van der Waals surface area contributed by atoms with Crippen molar-refractivity contribution in [3.05, 3.63) is 59.7 Å². The summed E-state index contributed by atoms with van der Waals surface area (Å²) in [5.74, 6) is -2.05. The van der Waals surface area contributed by atoms with E-state index in [1.807, 2.05) is 0 Å². The van der Waals surface area contributed by atoms with Crippen molar-refractivity contribution in [1.82, 2.24) is 10.2 Å². The maximum Gasteiger partial charge on any atom is 0.338 e. The highest BCUT2D eigenvalue weighted by Gasteiger charge is 2.44. The maximum atomic E-state index is 13.5. The highest BCUT2D eigenvalue weighted by molar-refractivity contribution is 7.80. The van der Waals surface area contributed by atoms with Crippen LogP contribution in [0.5, 0.6) is 0 Å². The standard InChI is InChI=1S/C27H30N4O7S/c1-4-37-25(35)18-6-10-20(11-7-18)29-23(33)16-22-24(34)31(27(39)30(22)15-14-28-17(3)32)21-12-8-19(9-13-21)26(36)38-5-2/h6-13,22H,4-5,14-16H2,1-3H3,(H,28,32)(H,29,33)/t22-/m0/s1. The number of esters is 2. The van der Waals surface area contributed by atoms with Crippen LogP contribution in [0.2, 0.25) is 0 Å². The molecule has 1 heterocycles. The molecule has 3 amide bonds. The van der Waals surface area contributed by atoms with Gasteiger partial charge < -0.3 is 25.0 Å². The zero-order chi connectivity index (χ0) is 28.5. The average molecular weight is 555 g/mol. The molecule has 0 unspecified atom stereocenters. The molecule has 0 saturated carbocycles.